The Morgan fingerprint density at radius 2 is 2.11 bits per heavy atom. The summed E-state index contributed by atoms with van der Waals surface area (Å²) < 4.78 is 5.60. The minimum atomic E-state index is 0.620. The summed E-state index contributed by atoms with van der Waals surface area (Å²) in [6.45, 7) is 13.4. The van der Waals surface area contributed by atoms with Crippen LogP contribution in [0, 0.1) is 5.92 Å². The van der Waals surface area contributed by atoms with E-state index < -0.39 is 0 Å². The van der Waals surface area contributed by atoms with E-state index in [9.17, 15) is 0 Å². The van der Waals surface area contributed by atoms with Gasteiger partial charge in [-0.1, -0.05) is 20.3 Å². The molecule has 1 heterocycles. The van der Waals surface area contributed by atoms with Crippen LogP contribution in [0.5, 0.6) is 0 Å². The van der Waals surface area contributed by atoms with E-state index in [0.717, 1.165) is 25.7 Å². The average molecular weight is 270 g/mol. The third-order valence-electron chi connectivity index (χ3n) is 4.14. The summed E-state index contributed by atoms with van der Waals surface area (Å²) >= 11 is 0. The number of rotatable bonds is 10. The van der Waals surface area contributed by atoms with Crippen LogP contribution >= 0.6 is 0 Å². The lowest BCUT2D eigenvalue weighted by atomic mass is 9.91. The van der Waals surface area contributed by atoms with Crippen molar-refractivity contribution in [2.75, 3.05) is 39.4 Å². The quantitative estimate of drug-likeness (QED) is 0.618. The highest BCUT2D eigenvalue weighted by atomic mass is 16.5. The maximum Gasteiger partial charge on any atom is 0.0591 e. The maximum absolute atomic E-state index is 5.60. The molecule has 2 atom stereocenters. The minimum Gasteiger partial charge on any atom is -0.380 e. The van der Waals surface area contributed by atoms with Crippen molar-refractivity contribution in [3.63, 3.8) is 0 Å². The lowest BCUT2D eigenvalue weighted by molar-refractivity contribution is 0.119. The first kappa shape index (κ1) is 16.9. The zero-order valence-electron chi connectivity index (χ0n) is 13.3. The van der Waals surface area contributed by atoms with Gasteiger partial charge in [0.05, 0.1) is 6.61 Å². The van der Waals surface area contributed by atoms with Crippen molar-refractivity contribution in [3.8, 4) is 0 Å². The predicted octanol–water partition coefficient (Wildman–Crippen LogP) is 2.90. The van der Waals surface area contributed by atoms with Gasteiger partial charge in [0.1, 0.15) is 0 Å². The smallest absolute Gasteiger partial charge is 0.0591 e. The lowest BCUT2D eigenvalue weighted by Gasteiger charge is -2.36. The van der Waals surface area contributed by atoms with E-state index in [1.807, 2.05) is 0 Å². The van der Waals surface area contributed by atoms with Gasteiger partial charge in [0.15, 0.2) is 0 Å². The van der Waals surface area contributed by atoms with Crippen molar-refractivity contribution in [3.05, 3.63) is 0 Å². The van der Waals surface area contributed by atoms with Gasteiger partial charge in [-0.15, -0.1) is 0 Å². The van der Waals surface area contributed by atoms with Crippen molar-refractivity contribution < 1.29 is 4.74 Å². The third-order valence-corrected chi connectivity index (χ3v) is 4.14. The molecular weight excluding hydrogens is 236 g/mol. The average Bonchev–Trinajstić information content (AvgIpc) is 2.43. The summed E-state index contributed by atoms with van der Waals surface area (Å²) in [6.07, 6.45) is 6.43. The summed E-state index contributed by atoms with van der Waals surface area (Å²) in [7, 11) is 0. The molecule has 1 aliphatic rings. The van der Waals surface area contributed by atoms with Gasteiger partial charge in [0.2, 0.25) is 0 Å². The molecule has 1 N–H and O–H groups in total. The van der Waals surface area contributed by atoms with E-state index in [0.29, 0.717) is 6.04 Å². The Kier molecular flexibility index (Phi) is 9.48. The molecule has 1 rings (SSSR count). The number of ether oxygens (including phenoxy) is 1. The monoisotopic (exact) mass is 270 g/mol. The number of hydrogen-bond donors (Lipinski definition) is 1. The fourth-order valence-corrected chi connectivity index (χ4v) is 2.89. The van der Waals surface area contributed by atoms with Crippen LogP contribution in [-0.2, 0) is 4.74 Å². The fourth-order valence-electron chi connectivity index (χ4n) is 2.89. The first-order chi connectivity index (χ1) is 9.27. The molecule has 1 saturated heterocycles. The van der Waals surface area contributed by atoms with Crippen LogP contribution in [0.2, 0.25) is 0 Å². The first-order valence-electron chi connectivity index (χ1n) is 8.31. The normalized spacial score (nSPS) is 22.6. The number of hydrogen-bond acceptors (Lipinski definition) is 3. The highest BCUT2D eigenvalue weighted by molar-refractivity contribution is 4.80. The molecule has 0 aliphatic carbocycles. The van der Waals surface area contributed by atoms with E-state index in [1.54, 1.807) is 0 Å². The maximum atomic E-state index is 5.60. The molecule has 0 spiro atoms. The van der Waals surface area contributed by atoms with Gasteiger partial charge in [-0.25, -0.2) is 0 Å². The number of piperidine rings is 1. The first-order valence-corrected chi connectivity index (χ1v) is 8.31. The van der Waals surface area contributed by atoms with Gasteiger partial charge in [0, 0.05) is 25.7 Å². The molecule has 19 heavy (non-hydrogen) atoms. The SMILES string of the molecule is CCCCOCCNC(C)C1CCCN(CCC)C1. The van der Waals surface area contributed by atoms with Crippen molar-refractivity contribution in [1.82, 2.24) is 10.2 Å². The highest BCUT2D eigenvalue weighted by Gasteiger charge is 2.23. The lowest BCUT2D eigenvalue weighted by Crippen LogP contribution is -2.45. The van der Waals surface area contributed by atoms with E-state index in [1.165, 1.54) is 51.7 Å². The number of nitrogens with zero attached hydrogens (tertiary/aromatic N) is 1. The van der Waals surface area contributed by atoms with Crippen LogP contribution in [0.3, 0.4) is 0 Å². The van der Waals surface area contributed by atoms with Gasteiger partial charge in [-0.2, -0.15) is 0 Å². The Hall–Kier alpha value is -0.120. The molecule has 0 aromatic heterocycles. The van der Waals surface area contributed by atoms with Crippen LogP contribution in [0.1, 0.15) is 52.9 Å². The van der Waals surface area contributed by atoms with Crippen molar-refractivity contribution in [1.29, 1.82) is 0 Å². The Morgan fingerprint density at radius 1 is 1.26 bits per heavy atom. The summed E-state index contributed by atoms with van der Waals surface area (Å²) in [5.41, 5.74) is 0. The second kappa shape index (κ2) is 10.6. The molecule has 0 amide bonds. The van der Waals surface area contributed by atoms with Gasteiger partial charge in [0.25, 0.3) is 0 Å². The Bertz CT molecular complexity index is 209. The Morgan fingerprint density at radius 3 is 2.84 bits per heavy atom. The van der Waals surface area contributed by atoms with E-state index in [-0.39, 0.29) is 0 Å². The molecule has 0 bridgehead atoms. The van der Waals surface area contributed by atoms with Crippen LogP contribution in [0.25, 0.3) is 0 Å². The zero-order valence-corrected chi connectivity index (χ0v) is 13.3. The third kappa shape index (κ3) is 7.28. The molecule has 114 valence electrons. The molecule has 0 radical (unpaired) electrons. The summed E-state index contributed by atoms with van der Waals surface area (Å²) in [6, 6.07) is 0.620. The summed E-state index contributed by atoms with van der Waals surface area (Å²) in [5, 5.41) is 3.64. The minimum absolute atomic E-state index is 0.620. The highest BCUT2D eigenvalue weighted by Crippen LogP contribution is 2.19. The molecule has 0 saturated carbocycles. The van der Waals surface area contributed by atoms with Gasteiger partial charge in [-0.3, -0.25) is 0 Å². The second-order valence-electron chi connectivity index (χ2n) is 5.91. The molecule has 0 aromatic carbocycles. The van der Waals surface area contributed by atoms with Crippen LogP contribution in [0.4, 0.5) is 0 Å². The molecule has 1 aliphatic heterocycles. The Labute approximate surface area is 120 Å². The van der Waals surface area contributed by atoms with Crippen LogP contribution in [0.15, 0.2) is 0 Å². The fraction of sp³-hybridized carbons (Fsp3) is 1.00. The van der Waals surface area contributed by atoms with E-state index >= 15 is 0 Å². The van der Waals surface area contributed by atoms with Gasteiger partial charge >= 0.3 is 0 Å². The van der Waals surface area contributed by atoms with E-state index in [4.69, 9.17) is 4.74 Å². The van der Waals surface area contributed by atoms with Gasteiger partial charge in [-0.05, 0) is 51.6 Å². The number of likely N-dealkylation sites (tertiary alicyclic amines) is 1. The van der Waals surface area contributed by atoms with Crippen LogP contribution < -0.4 is 5.32 Å². The standard InChI is InChI=1S/C16H34N2O/c1-4-6-12-19-13-9-17-15(3)16-8-7-11-18(14-16)10-5-2/h15-17H,4-14H2,1-3H3. The topological polar surface area (TPSA) is 24.5 Å². The molecule has 3 nitrogen and oxygen atoms in total. The molecule has 3 heteroatoms. The molecular formula is C16H34N2O. The molecule has 1 fully saturated rings. The number of nitrogens with one attached hydrogen (secondary N) is 1. The van der Waals surface area contributed by atoms with Crippen LogP contribution in [-0.4, -0.2) is 50.3 Å². The zero-order chi connectivity index (χ0) is 13.9. The molecule has 0 aromatic rings. The largest absolute Gasteiger partial charge is 0.380 e. The molecule has 2 unspecified atom stereocenters. The van der Waals surface area contributed by atoms with E-state index in [2.05, 4.69) is 31.0 Å². The van der Waals surface area contributed by atoms with Crippen molar-refractivity contribution >= 4 is 0 Å². The number of unbranched alkanes of at least 4 members (excludes halogenated alkanes) is 1. The van der Waals surface area contributed by atoms with Crippen molar-refractivity contribution in [2.24, 2.45) is 5.92 Å². The Balaban J connectivity index is 2.09. The second-order valence-corrected chi connectivity index (χ2v) is 5.91. The summed E-state index contributed by atoms with van der Waals surface area (Å²) in [5.74, 6) is 0.816. The van der Waals surface area contributed by atoms with Crippen molar-refractivity contribution in [2.45, 2.75) is 58.9 Å². The summed E-state index contributed by atoms with van der Waals surface area (Å²) in [4.78, 5) is 2.63. The predicted molar refractivity (Wildman–Crippen MR) is 82.6 cm³/mol. The van der Waals surface area contributed by atoms with Gasteiger partial charge < -0.3 is 15.0 Å².